The summed E-state index contributed by atoms with van der Waals surface area (Å²) in [5, 5.41) is 8.67. The number of nitrogens with two attached hydrogens (primary N) is 1. The van der Waals surface area contributed by atoms with E-state index in [1.54, 1.807) is 13.0 Å². The lowest BCUT2D eigenvalue weighted by Crippen LogP contribution is -1.96. The van der Waals surface area contributed by atoms with Crippen molar-refractivity contribution < 1.29 is 9.90 Å². The van der Waals surface area contributed by atoms with Crippen molar-refractivity contribution in [2.24, 2.45) is 0 Å². The molecule has 0 radical (unpaired) electrons. The second-order valence-electron chi connectivity index (χ2n) is 3.54. The molecule has 0 bridgehead atoms. The first-order valence-corrected chi connectivity index (χ1v) is 5.88. The van der Waals surface area contributed by atoms with E-state index in [9.17, 15) is 4.79 Å². The van der Waals surface area contributed by atoms with E-state index in [0.717, 1.165) is 16.1 Å². The highest BCUT2D eigenvalue weighted by molar-refractivity contribution is 7.99. The third kappa shape index (κ3) is 3.62. The lowest BCUT2D eigenvalue weighted by molar-refractivity contribution is -0.132. The standard InChI is InChI=1S/C12H15NO2S/c1-8-3-4-11(10(13)7-8)16-6-5-9(2)12(14)15/h3-5,7H,6,13H2,1-2H3,(H,14,15). The second-order valence-corrected chi connectivity index (χ2v) is 4.61. The number of carboxylic acid groups (broad SMARTS) is 1. The molecule has 4 heteroatoms. The molecule has 0 unspecified atom stereocenters. The van der Waals surface area contributed by atoms with E-state index >= 15 is 0 Å². The van der Waals surface area contributed by atoms with Gasteiger partial charge in [-0.15, -0.1) is 11.8 Å². The quantitative estimate of drug-likeness (QED) is 0.480. The number of hydrogen-bond acceptors (Lipinski definition) is 3. The van der Waals surface area contributed by atoms with Gasteiger partial charge >= 0.3 is 5.97 Å². The van der Waals surface area contributed by atoms with Crippen LogP contribution in [0.25, 0.3) is 0 Å². The molecule has 1 rings (SSSR count). The van der Waals surface area contributed by atoms with E-state index in [2.05, 4.69) is 0 Å². The largest absolute Gasteiger partial charge is 0.478 e. The zero-order chi connectivity index (χ0) is 12.1. The van der Waals surface area contributed by atoms with Gasteiger partial charge in [0, 0.05) is 21.9 Å². The summed E-state index contributed by atoms with van der Waals surface area (Å²) in [4.78, 5) is 11.5. The molecule has 86 valence electrons. The Morgan fingerprint density at radius 1 is 1.56 bits per heavy atom. The lowest BCUT2D eigenvalue weighted by Gasteiger charge is -2.04. The van der Waals surface area contributed by atoms with Crippen LogP contribution in [0.5, 0.6) is 0 Å². The molecule has 0 spiro atoms. The Morgan fingerprint density at radius 2 is 2.25 bits per heavy atom. The molecule has 0 saturated heterocycles. The fourth-order valence-corrected chi connectivity index (χ4v) is 2.05. The fraction of sp³-hybridized carbons (Fsp3) is 0.250. The van der Waals surface area contributed by atoms with E-state index < -0.39 is 5.97 Å². The Kier molecular flexibility index (Phi) is 4.43. The Bertz CT molecular complexity index is 427. The fourth-order valence-electron chi connectivity index (χ4n) is 1.14. The second kappa shape index (κ2) is 5.61. The van der Waals surface area contributed by atoms with Gasteiger partial charge in [-0.3, -0.25) is 0 Å². The van der Waals surface area contributed by atoms with Crippen molar-refractivity contribution in [3.8, 4) is 0 Å². The highest BCUT2D eigenvalue weighted by atomic mass is 32.2. The minimum absolute atomic E-state index is 0.359. The van der Waals surface area contributed by atoms with Gasteiger partial charge in [0.15, 0.2) is 0 Å². The number of thioether (sulfide) groups is 1. The third-order valence-electron chi connectivity index (χ3n) is 2.13. The first-order chi connectivity index (χ1) is 7.50. The van der Waals surface area contributed by atoms with Gasteiger partial charge in [-0.1, -0.05) is 12.1 Å². The zero-order valence-corrected chi connectivity index (χ0v) is 10.2. The summed E-state index contributed by atoms with van der Waals surface area (Å²) >= 11 is 1.54. The maximum Gasteiger partial charge on any atom is 0.330 e. The van der Waals surface area contributed by atoms with Crippen molar-refractivity contribution in [1.82, 2.24) is 0 Å². The number of carboxylic acids is 1. The summed E-state index contributed by atoms with van der Waals surface area (Å²) < 4.78 is 0. The summed E-state index contributed by atoms with van der Waals surface area (Å²) in [6.07, 6.45) is 1.69. The van der Waals surface area contributed by atoms with E-state index in [4.69, 9.17) is 10.8 Å². The highest BCUT2D eigenvalue weighted by Crippen LogP contribution is 2.25. The van der Waals surface area contributed by atoms with Crippen LogP contribution < -0.4 is 5.73 Å². The van der Waals surface area contributed by atoms with Crippen LogP contribution in [0.1, 0.15) is 12.5 Å². The molecule has 0 atom stereocenters. The number of carbonyl (C=O) groups is 1. The molecular weight excluding hydrogens is 222 g/mol. The highest BCUT2D eigenvalue weighted by Gasteiger charge is 2.01. The number of hydrogen-bond donors (Lipinski definition) is 2. The Hall–Kier alpha value is -1.42. The van der Waals surface area contributed by atoms with Crippen molar-refractivity contribution in [2.75, 3.05) is 11.5 Å². The van der Waals surface area contributed by atoms with Crippen LogP contribution in [0.15, 0.2) is 34.7 Å². The van der Waals surface area contributed by atoms with E-state index in [0.29, 0.717) is 11.3 Å². The zero-order valence-electron chi connectivity index (χ0n) is 9.36. The van der Waals surface area contributed by atoms with Crippen LogP contribution in [-0.4, -0.2) is 16.8 Å². The topological polar surface area (TPSA) is 63.3 Å². The minimum atomic E-state index is -0.877. The van der Waals surface area contributed by atoms with Gasteiger partial charge in [0.2, 0.25) is 0 Å². The molecule has 0 fully saturated rings. The minimum Gasteiger partial charge on any atom is -0.478 e. The van der Waals surface area contributed by atoms with E-state index in [1.807, 2.05) is 25.1 Å². The molecule has 0 amide bonds. The number of nitrogen functional groups attached to an aromatic ring is 1. The normalized spacial score (nSPS) is 11.5. The number of anilines is 1. The Labute approximate surface area is 99.4 Å². The number of aryl methyl sites for hydroxylation is 1. The summed E-state index contributed by atoms with van der Waals surface area (Å²) in [5.41, 5.74) is 8.07. The van der Waals surface area contributed by atoms with Crippen LogP contribution in [0.3, 0.4) is 0 Å². The molecule has 0 heterocycles. The molecule has 16 heavy (non-hydrogen) atoms. The van der Waals surface area contributed by atoms with Crippen LogP contribution in [0.2, 0.25) is 0 Å². The van der Waals surface area contributed by atoms with Crippen LogP contribution >= 0.6 is 11.8 Å². The average Bonchev–Trinajstić information content (AvgIpc) is 2.20. The summed E-state index contributed by atoms with van der Waals surface area (Å²) in [6, 6.07) is 5.86. The monoisotopic (exact) mass is 237 g/mol. The van der Waals surface area contributed by atoms with Crippen LogP contribution in [-0.2, 0) is 4.79 Å². The number of rotatable bonds is 4. The molecule has 0 aromatic heterocycles. The van der Waals surface area contributed by atoms with Gasteiger partial charge in [0.05, 0.1) is 0 Å². The van der Waals surface area contributed by atoms with E-state index in [-0.39, 0.29) is 0 Å². The Balaban J connectivity index is 2.62. The number of aliphatic carboxylic acids is 1. The predicted molar refractivity (Wildman–Crippen MR) is 67.7 cm³/mol. The van der Waals surface area contributed by atoms with Gasteiger partial charge in [0.25, 0.3) is 0 Å². The van der Waals surface area contributed by atoms with Gasteiger partial charge in [-0.05, 0) is 31.5 Å². The van der Waals surface area contributed by atoms with Crippen molar-refractivity contribution >= 4 is 23.4 Å². The van der Waals surface area contributed by atoms with Crippen molar-refractivity contribution in [3.05, 3.63) is 35.4 Å². The lowest BCUT2D eigenvalue weighted by atomic mass is 10.2. The summed E-state index contributed by atoms with van der Waals surface area (Å²) in [7, 11) is 0. The van der Waals surface area contributed by atoms with E-state index in [1.165, 1.54) is 11.8 Å². The summed E-state index contributed by atoms with van der Waals surface area (Å²) in [5.74, 6) is -0.261. The van der Waals surface area contributed by atoms with Crippen molar-refractivity contribution in [3.63, 3.8) is 0 Å². The Morgan fingerprint density at radius 3 is 2.81 bits per heavy atom. The van der Waals surface area contributed by atoms with Gasteiger partial charge in [0.1, 0.15) is 0 Å². The third-order valence-corrected chi connectivity index (χ3v) is 3.15. The van der Waals surface area contributed by atoms with Crippen molar-refractivity contribution in [2.45, 2.75) is 18.7 Å². The molecule has 0 aliphatic heterocycles. The van der Waals surface area contributed by atoms with Crippen LogP contribution in [0, 0.1) is 6.92 Å². The first kappa shape index (κ1) is 12.6. The summed E-state index contributed by atoms with van der Waals surface area (Å²) in [6.45, 7) is 3.57. The smallest absolute Gasteiger partial charge is 0.330 e. The maximum atomic E-state index is 10.6. The molecule has 1 aromatic rings. The predicted octanol–water partition coefficient (Wildman–Crippen LogP) is 2.70. The molecule has 0 aliphatic rings. The molecule has 3 nitrogen and oxygen atoms in total. The van der Waals surface area contributed by atoms with Crippen LogP contribution in [0.4, 0.5) is 5.69 Å². The molecule has 0 aliphatic carbocycles. The van der Waals surface area contributed by atoms with Gasteiger partial charge < -0.3 is 10.8 Å². The molecule has 0 saturated carbocycles. The molecular formula is C12H15NO2S. The van der Waals surface area contributed by atoms with Crippen molar-refractivity contribution in [1.29, 1.82) is 0 Å². The average molecular weight is 237 g/mol. The maximum absolute atomic E-state index is 10.6. The van der Waals surface area contributed by atoms with Gasteiger partial charge in [-0.2, -0.15) is 0 Å². The molecule has 1 aromatic carbocycles. The first-order valence-electron chi connectivity index (χ1n) is 4.89. The SMILES string of the molecule is CC(=CCSc1ccc(C)cc1N)C(=O)O. The number of benzene rings is 1. The molecule has 3 N–H and O–H groups in total. The van der Waals surface area contributed by atoms with Gasteiger partial charge in [-0.25, -0.2) is 4.79 Å².